The number of amides is 2. The fourth-order valence-electron chi connectivity index (χ4n) is 2.89. The highest BCUT2D eigenvalue weighted by Gasteiger charge is 2.40. The molecule has 2 aromatic rings. The van der Waals surface area contributed by atoms with Crippen molar-refractivity contribution in [1.29, 1.82) is 0 Å². The van der Waals surface area contributed by atoms with E-state index in [0.717, 1.165) is 22.4 Å². The number of benzene rings is 2. The molecule has 0 saturated carbocycles. The van der Waals surface area contributed by atoms with E-state index in [9.17, 15) is 9.59 Å². The van der Waals surface area contributed by atoms with Crippen molar-refractivity contribution in [1.82, 2.24) is 0 Å². The molecule has 1 saturated heterocycles. The minimum Gasteiger partial charge on any atom is -0.373 e. The summed E-state index contributed by atoms with van der Waals surface area (Å²) in [5.41, 5.74) is 4.67. The van der Waals surface area contributed by atoms with E-state index in [-0.39, 0.29) is 18.2 Å². The second-order valence-electron chi connectivity index (χ2n) is 6.07. The molecule has 1 atom stereocenters. The average Bonchev–Trinajstić information content (AvgIpc) is 2.78. The fraction of sp³-hybridized carbons (Fsp3) is 0.263. The number of nitrogens with one attached hydrogen (secondary N) is 1. The van der Waals surface area contributed by atoms with Crippen LogP contribution >= 0.6 is 0 Å². The van der Waals surface area contributed by atoms with Crippen molar-refractivity contribution < 1.29 is 9.59 Å². The number of aryl methyl sites for hydroxylation is 3. The lowest BCUT2D eigenvalue weighted by atomic mass is 10.1. The normalized spacial score (nSPS) is 17.7. The van der Waals surface area contributed by atoms with Crippen LogP contribution in [0.1, 0.15) is 23.1 Å². The molecule has 23 heavy (non-hydrogen) atoms. The molecular weight excluding hydrogens is 288 g/mol. The maximum atomic E-state index is 12.7. The first-order valence-electron chi connectivity index (χ1n) is 7.73. The monoisotopic (exact) mass is 308 g/mol. The van der Waals surface area contributed by atoms with Crippen molar-refractivity contribution in [3.8, 4) is 0 Å². The number of carbonyl (C=O) groups is 2. The van der Waals surface area contributed by atoms with E-state index in [4.69, 9.17) is 0 Å². The Balaban J connectivity index is 1.87. The van der Waals surface area contributed by atoms with Crippen LogP contribution in [-0.4, -0.2) is 17.9 Å². The van der Waals surface area contributed by atoms with Gasteiger partial charge in [-0.05, 0) is 49.6 Å². The second-order valence-corrected chi connectivity index (χ2v) is 6.07. The van der Waals surface area contributed by atoms with E-state index in [0.29, 0.717) is 5.69 Å². The predicted octanol–water partition coefficient (Wildman–Crippen LogP) is 3.36. The standard InChI is InChI=1S/C19H20N2O2/c1-12-8-9-13(2)15(10-12)20-16-11-18(22)21(19(16)23)17-7-5-4-6-14(17)3/h4-10,16,20H,11H2,1-3H3/t16-/m1/s1. The van der Waals surface area contributed by atoms with Crippen LogP contribution in [-0.2, 0) is 9.59 Å². The van der Waals surface area contributed by atoms with Gasteiger partial charge in [-0.3, -0.25) is 9.59 Å². The molecule has 0 aromatic heterocycles. The summed E-state index contributed by atoms with van der Waals surface area (Å²) in [6.45, 7) is 5.90. The number of anilines is 2. The van der Waals surface area contributed by atoms with E-state index in [1.165, 1.54) is 4.90 Å². The molecule has 0 bridgehead atoms. The van der Waals surface area contributed by atoms with Crippen LogP contribution in [0.2, 0.25) is 0 Å². The molecule has 3 rings (SSSR count). The summed E-state index contributed by atoms with van der Waals surface area (Å²) < 4.78 is 0. The summed E-state index contributed by atoms with van der Waals surface area (Å²) in [4.78, 5) is 26.4. The van der Waals surface area contributed by atoms with Crippen LogP contribution < -0.4 is 10.2 Å². The van der Waals surface area contributed by atoms with Crippen LogP contribution in [0.4, 0.5) is 11.4 Å². The molecule has 0 unspecified atom stereocenters. The number of hydrogen-bond donors (Lipinski definition) is 1. The van der Waals surface area contributed by atoms with Gasteiger partial charge in [0.1, 0.15) is 6.04 Å². The van der Waals surface area contributed by atoms with Gasteiger partial charge in [0.2, 0.25) is 5.91 Å². The third-order valence-electron chi connectivity index (χ3n) is 4.23. The first kappa shape index (κ1) is 15.3. The Morgan fingerprint density at radius 3 is 2.48 bits per heavy atom. The lowest BCUT2D eigenvalue weighted by Crippen LogP contribution is -2.35. The zero-order valence-electron chi connectivity index (χ0n) is 13.6. The lowest BCUT2D eigenvalue weighted by Gasteiger charge is -2.18. The van der Waals surface area contributed by atoms with E-state index in [2.05, 4.69) is 5.32 Å². The third-order valence-corrected chi connectivity index (χ3v) is 4.23. The van der Waals surface area contributed by atoms with Crippen molar-refractivity contribution in [2.24, 2.45) is 0 Å². The Hall–Kier alpha value is -2.62. The molecule has 1 fully saturated rings. The van der Waals surface area contributed by atoms with Gasteiger partial charge < -0.3 is 5.32 Å². The predicted molar refractivity (Wildman–Crippen MR) is 91.6 cm³/mol. The van der Waals surface area contributed by atoms with Gasteiger partial charge in [0, 0.05) is 5.69 Å². The van der Waals surface area contributed by atoms with Crippen molar-refractivity contribution in [2.45, 2.75) is 33.2 Å². The van der Waals surface area contributed by atoms with Gasteiger partial charge in [-0.25, -0.2) is 4.90 Å². The van der Waals surface area contributed by atoms with E-state index in [1.54, 1.807) is 0 Å². The maximum absolute atomic E-state index is 12.7. The summed E-state index contributed by atoms with van der Waals surface area (Å²) in [6.07, 6.45) is 0.181. The van der Waals surface area contributed by atoms with Crippen molar-refractivity contribution in [2.75, 3.05) is 10.2 Å². The summed E-state index contributed by atoms with van der Waals surface area (Å²) in [5.74, 6) is -0.350. The average molecular weight is 308 g/mol. The number of nitrogens with zero attached hydrogens (tertiary/aromatic N) is 1. The van der Waals surface area contributed by atoms with Gasteiger partial charge in [0.05, 0.1) is 12.1 Å². The van der Waals surface area contributed by atoms with Crippen molar-refractivity contribution in [3.05, 3.63) is 59.2 Å². The number of para-hydroxylation sites is 1. The van der Waals surface area contributed by atoms with Gasteiger partial charge in [-0.15, -0.1) is 0 Å². The van der Waals surface area contributed by atoms with Crippen LogP contribution in [0.3, 0.4) is 0 Å². The zero-order valence-corrected chi connectivity index (χ0v) is 13.6. The quantitative estimate of drug-likeness (QED) is 0.885. The first-order valence-corrected chi connectivity index (χ1v) is 7.73. The van der Waals surface area contributed by atoms with Crippen molar-refractivity contribution in [3.63, 3.8) is 0 Å². The number of imide groups is 1. The molecule has 0 aliphatic carbocycles. The summed E-state index contributed by atoms with van der Waals surface area (Å²) in [5, 5.41) is 3.24. The van der Waals surface area contributed by atoms with Crippen LogP contribution in [0, 0.1) is 20.8 Å². The smallest absolute Gasteiger partial charge is 0.256 e. The summed E-state index contributed by atoms with van der Waals surface area (Å²) >= 11 is 0. The molecule has 118 valence electrons. The second kappa shape index (κ2) is 5.88. The Morgan fingerprint density at radius 2 is 1.74 bits per heavy atom. The maximum Gasteiger partial charge on any atom is 0.256 e. The highest BCUT2D eigenvalue weighted by atomic mass is 16.2. The van der Waals surface area contributed by atoms with Crippen LogP contribution in [0.15, 0.2) is 42.5 Å². The Kier molecular flexibility index (Phi) is 3.90. The molecule has 0 spiro atoms. The number of carbonyl (C=O) groups excluding carboxylic acids is 2. The van der Waals surface area contributed by atoms with Gasteiger partial charge in [0.25, 0.3) is 5.91 Å². The third kappa shape index (κ3) is 2.84. The van der Waals surface area contributed by atoms with Gasteiger partial charge >= 0.3 is 0 Å². The molecule has 1 heterocycles. The summed E-state index contributed by atoms with van der Waals surface area (Å²) in [6, 6.07) is 13.0. The molecule has 0 radical (unpaired) electrons. The molecular formula is C19H20N2O2. The Bertz CT molecular complexity index is 783. The molecule has 2 aromatic carbocycles. The van der Waals surface area contributed by atoms with Crippen LogP contribution in [0.25, 0.3) is 0 Å². The Labute approximate surface area is 136 Å². The highest BCUT2D eigenvalue weighted by Crippen LogP contribution is 2.28. The zero-order chi connectivity index (χ0) is 16.6. The molecule has 1 aliphatic rings. The molecule has 4 nitrogen and oxygen atoms in total. The fourth-order valence-corrected chi connectivity index (χ4v) is 2.89. The minimum absolute atomic E-state index is 0.160. The van der Waals surface area contributed by atoms with Gasteiger partial charge in [0.15, 0.2) is 0 Å². The molecule has 1 aliphatic heterocycles. The first-order chi connectivity index (χ1) is 11.0. The molecule has 4 heteroatoms. The van der Waals surface area contributed by atoms with Gasteiger partial charge in [-0.2, -0.15) is 0 Å². The lowest BCUT2D eigenvalue weighted by molar-refractivity contribution is -0.121. The van der Waals surface area contributed by atoms with Gasteiger partial charge in [-0.1, -0.05) is 30.3 Å². The SMILES string of the molecule is Cc1ccc(C)c(N[C@@H]2CC(=O)N(c3ccccc3C)C2=O)c1. The Morgan fingerprint density at radius 1 is 1.00 bits per heavy atom. The number of hydrogen-bond acceptors (Lipinski definition) is 3. The van der Waals surface area contributed by atoms with E-state index >= 15 is 0 Å². The largest absolute Gasteiger partial charge is 0.373 e. The number of rotatable bonds is 3. The molecule has 1 N–H and O–H groups in total. The highest BCUT2D eigenvalue weighted by molar-refractivity contribution is 6.23. The topological polar surface area (TPSA) is 49.4 Å². The van der Waals surface area contributed by atoms with Crippen molar-refractivity contribution >= 4 is 23.2 Å². The minimum atomic E-state index is -0.511. The molecule has 2 amide bonds. The van der Waals surface area contributed by atoms with E-state index in [1.807, 2.05) is 63.2 Å². The van der Waals surface area contributed by atoms with E-state index < -0.39 is 6.04 Å². The van der Waals surface area contributed by atoms with Crippen LogP contribution in [0.5, 0.6) is 0 Å². The summed E-state index contributed by atoms with van der Waals surface area (Å²) in [7, 11) is 0.